The fourth-order valence-electron chi connectivity index (χ4n) is 2.98. The number of amides is 1. The third-order valence-electron chi connectivity index (χ3n) is 4.68. The lowest BCUT2D eigenvalue weighted by molar-refractivity contribution is -0.132. The van der Waals surface area contributed by atoms with E-state index in [1.165, 1.54) is 58.3 Å². The van der Waals surface area contributed by atoms with E-state index in [9.17, 15) is 9.59 Å². The van der Waals surface area contributed by atoms with Gasteiger partial charge in [0.25, 0.3) is 0 Å². The number of hydrogen-bond donors (Lipinski definition) is 0. The van der Waals surface area contributed by atoms with Crippen LogP contribution >= 0.6 is 0 Å². The molecule has 28 heavy (non-hydrogen) atoms. The molecule has 0 aliphatic heterocycles. The highest BCUT2D eigenvalue weighted by Crippen LogP contribution is 2.13. The molecule has 160 valence electrons. The molecule has 0 unspecified atom stereocenters. The maximum atomic E-state index is 12.6. The van der Waals surface area contributed by atoms with Crippen LogP contribution in [0.15, 0.2) is 10.7 Å². The minimum absolute atomic E-state index is 0.0535. The molecule has 0 aromatic carbocycles. The van der Waals surface area contributed by atoms with Crippen molar-refractivity contribution in [3.8, 4) is 0 Å². The monoisotopic (exact) mass is 396 g/mol. The molecule has 1 aromatic rings. The maximum Gasteiger partial charge on any atom is 0.360 e. The summed E-state index contributed by atoms with van der Waals surface area (Å²) in [5, 5.41) is 0. The van der Waals surface area contributed by atoms with Gasteiger partial charge in [-0.05, 0) is 6.42 Å². The van der Waals surface area contributed by atoms with Crippen LogP contribution in [0.25, 0.3) is 0 Å². The van der Waals surface area contributed by atoms with E-state index < -0.39 is 5.97 Å². The lowest BCUT2D eigenvalue weighted by atomic mass is 10.1. The van der Waals surface area contributed by atoms with E-state index in [1.54, 1.807) is 12.0 Å². The predicted molar refractivity (Wildman–Crippen MR) is 107 cm³/mol. The normalized spacial score (nSPS) is 10.8. The molecule has 1 heterocycles. The van der Waals surface area contributed by atoms with Crippen LogP contribution in [0.5, 0.6) is 0 Å². The molecule has 0 spiro atoms. The van der Waals surface area contributed by atoms with Gasteiger partial charge in [-0.1, -0.05) is 58.3 Å². The van der Waals surface area contributed by atoms with Gasteiger partial charge in [-0.15, -0.1) is 0 Å². The van der Waals surface area contributed by atoms with Gasteiger partial charge < -0.3 is 18.8 Å². The van der Waals surface area contributed by atoms with Crippen LogP contribution in [0.3, 0.4) is 0 Å². The number of methoxy groups -OCH3 is 2. The molecule has 0 N–H and O–H groups in total. The van der Waals surface area contributed by atoms with Gasteiger partial charge in [-0.2, -0.15) is 0 Å². The molecule has 0 radical (unpaired) electrons. The molecular weight excluding hydrogens is 360 g/mol. The highest BCUT2D eigenvalue weighted by Gasteiger charge is 2.18. The van der Waals surface area contributed by atoms with Crippen molar-refractivity contribution in [2.75, 3.05) is 27.4 Å². The van der Waals surface area contributed by atoms with Crippen LogP contribution in [0, 0.1) is 0 Å². The second kappa shape index (κ2) is 15.1. The molecule has 0 saturated carbocycles. The van der Waals surface area contributed by atoms with E-state index in [1.807, 2.05) is 0 Å². The smallest absolute Gasteiger partial charge is 0.360 e. The van der Waals surface area contributed by atoms with Gasteiger partial charge >= 0.3 is 5.97 Å². The van der Waals surface area contributed by atoms with E-state index in [4.69, 9.17) is 9.15 Å². The largest absolute Gasteiger partial charge is 0.464 e. The Bertz CT molecular complexity index is 559. The summed E-state index contributed by atoms with van der Waals surface area (Å²) in [5.41, 5.74) is 0.107. The molecule has 1 rings (SSSR count). The highest BCUT2D eigenvalue weighted by molar-refractivity contribution is 5.86. The van der Waals surface area contributed by atoms with Gasteiger partial charge in [0, 0.05) is 20.1 Å². The zero-order valence-corrected chi connectivity index (χ0v) is 17.7. The van der Waals surface area contributed by atoms with E-state index in [0.717, 1.165) is 12.8 Å². The first-order valence-electron chi connectivity index (χ1n) is 10.4. The minimum Gasteiger partial charge on any atom is -0.464 e. The van der Waals surface area contributed by atoms with E-state index in [0.29, 0.717) is 25.5 Å². The molecule has 1 amide bonds. The van der Waals surface area contributed by atoms with Crippen molar-refractivity contribution in [3.05, 3.63) is 17.8 Å². The lowest BCUT2D eigenvalue weighted by Gasteiger charge is -2.20. The van der Waals surface area contributed by atoms with Crippen LogP contribution in [-0.4, -0.2) is 49.1 Å². The summed E-state index contributed by atoms with van der Waals surface area (Å²) in [7, 11) is 2.89. The second-order valence-electron chi connectivity index (χ2n) is 7.00. The Morgan fingerprint density at radius 3 is 2.29 bits per heavy atom. The summed E-state index contributed by atoms with van der Waals surface area (Å²) in [4.78, 5) is 29.8. The Morgan fingerprint density at radius 1 is 1.04 bits per heavy atom. The van der Waals surface area contributed by atoms with Crippen molar-refractivity contribution in [1.29, 1.82) is 0 Å². The summed E-state index contributed by atoms with van der Waals surface area (Å²) in [5.74, 6) is -0.186. The van der Waals surface area contributed by atoms with Gasteiger partial charge in [0.1, 0.15) is 6.26 Å². The van der Waals surface area contributed by atoms with Crippen molar-refractivity contribution < 1.29 is 23.5 Å². The molecule has 0 aliphatic carbocycles. The number of carbonyl (C=O) groups is 2. The summed E-state index contributed by atoms with van der Waals surface area (Å²) >= 11 is 0. The average molecular weight is 397 g/mol. The van der Waals surface area contributed by atoms with Gasteiger partial charge in [-0.25, -0.2) is 9.78 Å². The first-order valence-corrected chi connectivity index (χ1v) is 10.4. The Morgan fingerprint density at radius 2 is 1.68 bits per heavy atom. The number of aromatic nitrogens is 1. The number of hydrogen-bond acceptors (Lipinski definition) is 6. The van der Waals surface area contributed by atoms with E-state index >= 15 is 0 Å². The summed E-state index contributed by atoms with van der Waals surface area (Å²) in [6, 6.07) is 0. The van der Waals surface area contributed by atoms with Crippen LogP contribution in [-0.2, 0) is 20.8 Å². The SMILES string of the molecule is CCCCCCCCCCCC(=O)N(CCOC)Cc1nc(C(=O)OC)co1. The fourth-order valence-corrected chi connectivity index (χ4v) is 2.98. The lowest BCUT2D eigenvalue weighted by Crippen LogP contribution is -2.33. The molecule has 0 fully saturated rings. The first-order chi connectivity index (χ1) is 13.6. The zero-order chi connectivity index (χ0) is 20.6. The highest BCUT2D eigenvalue weighted by atomic mass is 16.5. The van der Waals surface area contributed by atoms with Crippen LogP contribution in [0.2, 0.25) is 0 Å². The average Bonchev–Trinajstić information content (AvgIpc) is 3.17. The molecule has 0 bridgehead atoms. The predicted octanol–water partition coefficient (Wildman–Crippen LogP) is 4.36. The molecule has 7 heteroatoms. The number of ether oxygens (including phenoxy) is 2. The quantitative estimate of drug-likeness (QED) is 0.305. The number of rotatable bonds is 16. The fraction of sp³-hybridized carbons (Fsp3) is 0.762. The summed E-state index contributed by atoms with van der Waals surface area (Å²) in [6.07, 6.45) is 12.7. The number of carbonyl (C=O) groups excluding carboxylic acids is 2. The molecule has 0 saturated heterocycles. The number of esters is 1. The topological polar surface area (TPSA) is 81.9 Å². The Labute approximate surface area is 168 Å². The van der Waals surface area contributed by atoms with Crippen molar-refractivity contribution in [2.45, 2.75) is 77.7 Å². The van der Waals surface area contributed by atoms with E-state index in [2.05, 4.69) is 16.6 Å². The summed E-state index contributed by atoms with van der Waals surface area (Å²) in [6.45, 7) is 3.35. The van der Waals surface area contributed by atoms with Gasteiger partial charge in [0.15, 0.2) is 5.69 Å². The number of nitrogens with zero attached hydrogens (tertiary/aromatic N) is 2. The molecular formula is C21H36N2O5. The van der Waals surface area contributed by atoms with Gasteiger partial charge in [0.2, 0.25) is 11.8 Å². The third kappa shape index (κ3) is 9.88. The Balaban J connectivity index is 2.35. The van der Waals surface area contributed by atoms with Crippen molar-refractivity contribution in [3.63, 3.8) is 0 Å². The zero-order valence-electron chi connectivity index (χ0n) is 17.7. The summed E-state index contributed by atoms with van der Waals surface area (Å²) < 4.78 is 15.0. The van der Waals surface area contributed by atoms with E-state index in [-0.39, 0.29) is 18.1 Å². The van der Waals surface area contributed by atoms with Crippen molar-refractivity contribution in [2.24, 2.45) is 0 Å². The first kappa shape index (κ1) is 24.1. The van der Waals surface area contributed by atoms with Crippen LogP contribution < -0.4 is 0 Å². The van der Waals surface area contributed by atoms with Crippen LogP contribution in [0.1, 0.15) is 87.5 Å². The number of unbranched alkanes of at least 4 members (excludes halogenated alkanes) is 8. The molecule has 1 aromatic heterocycles. The van der Waals surface area contributed by atoms with Crippen molar-refractivity contribution >= 4 is 11.9 Å². The molecule has 0 aliphatic rings. The Kier molecular flexibility index (Phi) is 13.0. The maximum absolute atomic E-state index is 12.6. The minimum atomic E-state index is -0.556. The van der Waals surface area contributed by atoms with Gasteiger partial charge in [0.05, 0.1) is 20.3 Å². The third-order valence-corrected chi connectivity index (χ3v) is 4.68. The van der Waals surface area contributed by atoms with Gasteiger partial charge in [-0.3, -0.25) is 4.79 Å². The number of oxazole rings is 1. The standard InChI is InChI=1S/C21H36N2O5/c1-4-5-6-7-8-9-10-11-12-13-20(24)23(14-15-26-2)16-19-22-18(17-28-19)21(25)27-3/h17H,4-16H2,1-3H3. The Hall–Kier alpha value is -1.89. The molecule has 7 nitrogen and oxygen atoms in total. The van der Waals surface area contributed by atoms with Crippen LogP contribution in [0.4, 0.5) is 0 Å². The van der Waals surface area contributed by atoms with Crippen molar-refractivity contribution in [1.82, 2.24) is 9.88 Å². The second-order valence-corrected chi connectivity index (χ2v) is 7.00. The molecule has 0 atom stereocenters.